The number of thiophene rings is 1. The second-order valence-corrected chi connectivity index (χ2v) is 15.6. The molecule has 6 aromatic carbocycles. The van der Waals surface area contributed by atoms with Crippen LogP contribution < -0.4 is 21.3 Å². The summed E-state index contributed by atoms with van der Waals surface area (Å²) in [5, 5.41) is 2.71. The van der Waals surface area contributed by atoms with E-state index in [4.69, 9.17) is 0 Å². The average molecular weight is 640 g/mol. The molecule has 236 valence electrons. The molecule has 0 spiro atoms. The van der Waals surface area contributed by atoms with Crippen LogP contribution in [0.1, 0.15) is 58.4 Å². The van der Waals surface area contributed by atoms with E-state index in [1.54, 1.807) is 0 Å². The van der Waals surface area contributed by atoms with Crippen LogP contribution in [0.15, 0.2) is 109 Å². The molecule has 1 aromatic heterocycles. The quantitative estimate of drug-likeness (QED) is 0.173. The topological polar surface area (TPSA) is 3.24 Å². The number of aryl methyl sites for hydroxylation is 6. The molecule has 0 atom stereocenters. The van der Waals surface area contributed by atoms with Crippen molar-refractivity contribution in [2.45, 2.75) is 60.8 Å². The Kier molecular flexibility index (Phi) is 7.20. The summed E-state index contributed by atoms with van der Waals surface area (Å²) in [6.07, 6.45) is 0. The molecule has 1 nitrogen and oxygen atoms in total. The molecule has 1 aliphatic rings. The third kappa shape index (κ3) is 4.59. The summed E-state index contributed by atoms with van der Waals surface area (Å²) in [5.41, 5.74) is 18.7. The fourth-order valence-electron chi connectivity index (χ4n) is 8.98. The summed E-state index contributed by atoms with van der Waals surface area (Å²) >= 11 is 1.92. The number of hydrogen-bond donors (Lipinski definition) is 0. The van der Waals surface area contributed by atoms with Gasteiger partial charge in [0.1, 0.15) is 0 Å². The molecule has 0 saturated carbocycles. The summed E-state index contributed by atoms with van der Waals surface area (Å²) in [7, 11) is 0. The van der Waals surface area contributed by atoms with E-state index in [9.17, 15) is 0 Å². The molecule has 0 unspecified atom stereocenters. The third-order valence-electron chi connectivity index (χ3n) is 10.8. The van der Waals surface area contributed by atoms with Gasteiger partial charge < -0.3 is 4.90 Å². The van der Waals surface area contributed by atoms with Crippen molar-refractivity contribution in [1.82, 2.24) is 0 Å². The van der Waals surface area contributed by atoms with Crippen molar-refractivity contribution in [3.8, 4) is 0 Å². The van der Waals surface area contributed by atoms with Crippen LogP contribution in [0.5, 0.6) is 0 Å². The van der Waals surface area contributed by atoms with Crippen LogP contribution in [0.25, 0.3) is 20.2 Å². The Morgan fingerprint density at radius 3 is 1.46 bits per heavy atom. The van der Waals surface area contributed by atoms with Crippen LogP contribution in [0.2, 0.25) is 0 Å². The average Bonchev–Trinajstić information content (AvgIpc) is 3.43. The first kappa shape index (κ1) is 30.7. The zero-order valence-electron chi connectivity index (χ0n) is 29.3. The molecule has 1 aliphatic heterocycles. The molecule has 0 aliphatic carbocycles. The van der Waals surface area contributed by atoms with Gasteiger partial charge in [-0.2, -0.15) is 0 Å². The number of fused-ring (bicyclic) bond motifs is 5. The lowest BCUT2D eigenvalue weighted by atomic mass is 9.33. The number of hydrogen-bond acceptors (Lipinski definition) is 2. The fraction of sp³-hybridized carbons (Fsp3) is 0.200. The summed E-state index contributed by atoms with van der Waals surface area (Å²) in [4.78, 5) is 2.54. The number of anilines is 3. The number of rotatable bonds is 4. The highest BCUT2D eigenvalue weighted by molar-refractivity contribution is 7.26. The van der Waals surface area contributed by atoms with Crippen LogP contribution in [0, 0.1) is 41.5 Å². The molecule has 0 fully saturated rings. The van der Waals surface area contributed by atoms with E-state index < -0.39 is 0 Å². The molecule has 7 aromatic rings. The number of para-hydroxylation sites is 2. The summed E-state index contributed by atoms with van der Waals surface area (Å²) < 4.78 is 2.66. The first-order valence-electron chi connectivity index (χ1n) is 17.1. The third-order valence-corrected chi connectivity index (χ3v) is 11.9. The molecular formula is C45H42BNS. The van der Waals surface area contributed by atoms with Crippen LogP contribution in [0.4, 0.5) is 17.1 Å². The van der Waals surface area contributed by atoms with Gasteiger partial charge in [0.15, 0.2) is 0 Å². The van der Waals surface area contributed by atoms with Crippen molar-refractivity contribution in [3.63, 3.8) is 0 Å². The second-order valence-electron chi connectivity index (χ2n) is 14.5. The minimum Gasteiger partial charge on any atom is -0.309 e. The monoisotopic (exact) mass is 639 g/mol. The molecule has 2 heterocycles. The van der Waals surface area contributed by atoms with E-state index in [2.05, 4.69) is 169 Å². The maximum absolute atomic E-state index is 2.54. The van der Waals surface area contributed by atoms with E-state index in [1.165, 1.54) is 98.1 Å². The van der Waals surface area contributed by atoms with Gasteiger partial charge in [-0.25, -0.2) is 0 Å². The van der Waals surface area contributed by atoms with E-state index in [0.717, 1.165) is 0 Å². The Morgan fingerprint density at radius 2 is 0.938 bits per heavy atom. The Labute approximate surface area is 290 Å². The zero-order chi connectivity index (χ0) is 33.5. The minimum atomic E-state index is -0.106. The largest absolute Gasteiger partial charge is 0.309 e. The minimum absolute atomic E-state index is 0.0978. The van der Waals surface area contributed by atoms with E-state index in [0.29, 0.717) is 0 Å². The molecule has 3 heteroatoms. The molecule has 8 rings (SSSR count). The van der Waals surface area contributed by atoms with Gasteiger partial charge in [0, 0.05) is 20.2 Å². The number of benzene rings is 6. The molecule has 0 bridgehead atoms. The maximum atomic E-state index is 2.54. The van der Waals surface area contributed by atoms with Gasteiger partial charge in [-0.05, 0) is 88.4 Å². The smallest absolute Gasteiger partial charge is 0.243 e. The van der Waals surface area contributed by atoms with Gasteiger partial charge in [0.05, 0.1) is 17.1 Å². The van der Waals surface area contributed by atoms with Crippen LogP contribution in [-0.4, -0.2) is 6.71 Å². The normalized spacial score (nSPS) is 13.5. The van der Waals surface area contributed by atoms with Gasteiger partial charge in [-0.15, -0.1) is 11.3 Å². The molecule has 48 heavy (non-hydrogen) atoms. The Bertz CT molecular complexity index is 2260. The van der Waals surface area contributed by atoms with Crippen molar-refractivity contribution < 1.29 is 0 Å². The van der Waals surface area contributed by atoms with Gasteiger partial charge in [0.25, 0.3) is 0 Å². The van der Waals surface area contributed by atoms with Crippen molar-refractivity contribution >= 4 is 71.7 Å². The fourth-order valence-corrected chi connectivity index (χ4v) is 10.1. The SMILES string of the molecule is Cc1cc(C)c(B(c2c(C)cc(C)cc2C)c2cccc3sc4cccc(N5c6ccccc6C(C)(C)c6ccccc65)c4c23)c(C)c1. The summed E-state index contributed by atoms with van der Waals surface area (Å²) in [6, 6.07) is 41.4. The van der Waals surface area contributed by atoms with Gasteiger partial charge >= 0.3 is 0 Å². The highest BCUT2D eigenvalue weighted by Gasteiger charge is 2.38. The van der Waals surface area contributed by atoms with E-state index >= 15 is 0 Å². The van der Waals surface area contributed by atoms with Crippen molar-refractivity contribution in [2.24, 2.45) is 0 Å². The van der Waals surface area contributed by atoms with Crippen molar-refractivity contribution in [1.29, 1.82) is 0 Å². The van der Waals surface area contributed by atoms with Crippen LogP contribution in [0.3, 0.4) is 0 Å². The van der Waals surface area contributed by atoms with Gasteiger partial charge in [-0.1, -0.05) is 142 Å². The molecule has 0 amide bonds. The first-order valence-corrected chi connectivity index (χ1v) is 18.0. The predicted octanol–water partition coefficient (Wildman–Crippen LogP) is 10.5. The zero-order valence-corrected chi connectivity index (χ0v) is 30.1. The van der Waals surface area contributed by atoms with Crippen molar-refractivity contribution in [2.75, 3.05) is 4.90 Å². The van der Waals surface area contributed by atoms with Crippen LogP contribution in [-0.2, 0) is 5.41 Å². The van der Waals surface area contributed by atoms with Crippen LogP contribution >= 0.6 is 11.3 Å². The maximum Gasteiger partial charge on any atom is 0.243 e. The van der Waals surface area contributed by atoms with Gasteiger partial charge in [-0.3, -0.25) is 0 Å². The lowest BCUT2D eigenvalue weighted by Crippen LogP contribution is -2.56. The first-order chi connectivity index (χ1) is 23.1. The molecule has 0 saturated heterocycles. The highest BCUT2D eigenvalue weighted by Crippen LogP contribution is 2.53. The Morgan fingerprint density at radius 1 is 0.500 bits per heavy atom. The molecule has 0 radical (unpaired) electrons. The second kappa shape index (κ2) is 11.2. The standard InChI is InChI=1S/C45H42BNS/c1-27-23-29(3)43(30(4)24-27)46(44-31(5)25-28(2)26-32(44)6)35-17-13-21-39-41(35)42-38(20-14-22-40(42)48-39)47-36-18-11-9-15-33(36)45(7,8)34-16-10-12-19-37(34)47/h9-26H,1-8H3. The number of nitrogens with zero attached hydrogens (tertiary/aromatic N) is 1. The molecular weight excluding hydrogens is 597 g/mol. The van der Waals surface area contributed by atoms with E-state index in [1.807, 2.05) is 11.3 Å². The summed E-state index contributed by atoms with van der Waals surface area (Å²) in [5.74, 6) is 0. The summed E-state index contributed by atoms with van der Waals surface area (Å²) in [6.45, 7) is 18.5. The molecule has 0 N–H and O–H groups in total. The van der Waals surface area contributed by atoms with Gasteiger partial charge in [0.2, 0.25) is 6.71 Å². The van der Waals surface area contributed by atoms with E-state index in [-0.39, 0.29) is 12.1 Å². The predicted molar refractivity (Wildman–Crippen MR) is 212 cm³/mol. The lowest BCUT2D eigenvalue weighted by molar-refractivity contribution is 0.632. The Balaban J connectivity index is 1.50. The lowest BCUT2D eigenvalue weighted by Gasteiger charge is -2.42. The Hall–Kier alpha value is -4.60. The highest BCUT2D eigenvalue weighted by atomic mass is 32.1. The van der Waals surface area contributed by atoms with Crippen molar-refractivity contribution in [3.05, 3.63) is 154 Å².